The van der Waals surface area contributed by atoms with Gasteiger partial charge in [0.05, 0.1) is 17.7 Å². The Bertz CT molecular complexity index is 833. The van der Waals surface area contributed by atoms with Gasteiger partial charge in [-0.2, -0.15) is 0 Å². The van der Waals surface area contributed by atoms with Gasteiger partial charge in [0.15, 0.2) is 11.4 Å². The Hall–Kier alpha value is -2.47. The van der Waals surface area contributed by atoms with Crippen LogP contribution in [0.3, 0.4) is 0 Å². The van der Waals surface area contributed by atoms with Crippen LogP contribution in [0.15, 0.2) is 35.0 Å². The molecule has 3 rings (SSSR count). The van der Waals surface area contributed by atoms with Gasteiger partial charge in [0.2, 0.25) is 5.88 Å². The molecule has 120 valence electrons. The fourth-order valence-electron chi connectivity index (χ4n) is 2.05. The first-order valence-electron chi connectivity index (χ1n) is 7.11. The lowest BCUT2D eigenvalue weighted by atomic mass is 10.2. The summed E-state index contributed by atoms with van der Waals surface area (Å²) in [4.78, 5) is 4.16. The van der Waals surface area contributed by atoms with Crippen molar-refractivity contribution in [2.75, 3.05) is 5.73 Å². The highest BCUT2D eigenvalue weighted by Gasteiger charge is 2.09. The molecule has 0 amide bonds. The first kappa shape index (κ1) is 15.4. The van der Waals surface area contributed by atoms with Crippen LogP contribution in [0.1, 0.15) is 19.4 Å². The molecule has 3 aromatic rings. The predicted molar refractivity (Wildman–Crippen MR) is 87.8 cm³/mol. The summed E-state index contributed by atoms with van der Waals surface area (Å²) in [6.07, 6.45) is 1.59. The van der Waals surface area contributed by atoms with Crippen molar-refractivity contribution in [1.29, 1.82) is 0 Å². The van der Waals surface area contributed by atoms with E-state index in [0.29, 0.717) is 34.7 Å². The Morgan fingerprint density at radius 1 is 1.30 bits per heavy atom. The summed E-state index contributed by atoms with van der Waals surface area (Å²) in [5.74, 6) is 1.33. The minimum absolute atomic E-state index is 0.00726. The van der Waals surface area contributed by atoms with E-state index in [1.54, 1.807) is 12.3 Å². The molecule has 2 aromatic heterocycles. The van der Waals surface area contributed by atoms with E-state index in [2.05, 4.69) is 10.1 Å². The molecule has 1 aromatic carbocycles. The molecule has 6 nitrogen and oxygen atoms in total. The summed E-state index contributed by atoms with van der Waals surface area (Å²) in [5.41, 5.74) is 7.23. The molecule has 0 fully saturated rings. The second-order valence-electron chi connectivity index (χ2n) is 5.31. The number of halogens is 1. The van der Waals surface area contributed by atoms with Crippen LogP contribution in [0.2, 0.25) is 5.02 Å². The van der Waals surface area contributed by atoms with Crippen LogP contribution in [0.25, 0.3) is 11.0 Å². The van der Waals surface area contributed by atoms with Gasteiger partial charge in [-0.3, -0.25) is 0 Å². The number of nitrogens with zero attached hydrogens (tertiary/aromatic N) is 2. The van der Waals surface area contributed by atoms with E-state index in [9.17, 15) is 0 Å². The van der Waals surface area contributed by atoms with Crippen LogP contribution < -0.4 is 15.2 Å². The van der Waals surface area contributed by atoms with E-state index in [1.807, 2.05) is 32.0 Å². The summed E-state index contributed by atoms with van der Waals surface area (Å²) in [7, 11) is 0. The number of nitrogen functional groups attached to an aromatic ring is 1. The van der Waals surface area contributed by atoms with Crippen molar-refractivity contribution in [2.24, 2.45) is 0 Å². The van der Waals surface area contributed by atoms with Crippen LogP contribution in [0.5, 0.6) is 11.6 Å². The van der Waals surface area contributed by atoms with Crippen molar-refractivity contribution >= 4 is 28.4 Å². The van der Waals surface area contributed by atoms with E-state index in [1.165, 1.54) is 0 Å². The number of fused-ring (bicyclic) bond motifs is 1. The normalized spacial score (nSPS) is 11.1. The van der Waals surface area contributed by atoms with Crippen LogP contribution in [0.4, 0.5) is 5.82 Å². The molecule has 2 heterocycles. The Labute approximate surface area is 138 Å². The van der Waals surface area contributed by atoms with Crippen molar-refractivity contribution in [3.63, 3.8) is 0 Å². The van der Waals surface area contributed by atoms with Gasteiger partial charge in [-0.05, 0) is 31.5 Å². The fourth-order valence-corrected chi connectivity index (χ4v) is 2.26. The molecule has 0 atom stereocenters. The Morgan fingerprint density at radius 3 is 2.87 bits per heavy atom. The van der Waals surface area contributed by atoms with Gasteiger partial charge in [-0.1, -0.05) is 22.8 Å². The third-order valence-electron chi connectivity index (χ3n) is 3.10. The molecular formula is C16H16ClN3O3. The van der Waals surface area contributed by atoms with Gasteiger partial charge >= 0.3 is 0 Å². The Morgan fingerprint density at radius 2 is 2.13 bits per heavy atom. The molecule has 0 spiro atoms. The summed E-state index contributed by atoms with van der Waals surface area (Å²) in [6.45, 7) is 4.17. The van der Waals surface area contributed by atoms with Crippen molar-refractivity contribution in [2.45, 2.75) is 26.6 Å². The molecule has 0 unspecified atom stereocenters. The molecule has 0 aliphatic heterocycles. The SMILES string of the molecule is CC(C)Oc1ncc(OCc2ccc3c(N)noc3c2)cc1Cl. The largest absolute Gasteiger partial charge is 0.487 e. The second kappa shape index (κ2) is 6.34. The molecule has 0 saturated heterocycles. The van der Waals surface area contributed by atoms with E-state index in [4.69, 9.17) is 31.3 Å². The minimum Gasteiger partial charge on any atom is -0.487 e. The lowest BCUT2D eigenvalue weighted by Gasteiger charge is -2.11. The zero-order valence-corrected chi connectivity index (χ0v) is 13.5. The average molecular weight is 334 g/mol. The lowest BCUT2D eigenvalue weighted by molar-refractivity contribution is 0.231. The van der Waals surface area contributed by atoms with Crippen molar-refractivity contribution in [1.82, 2.24) is 10.1 Å². The zero-order chi connectivity index (χ0) is 16.4. The number of hydrogen-bond acceptors (Lipinski definition) is 6. The molecule has 0 bridgehead atoms. The summed E-state index contributed by atoms with van der Waals surface area (Å²) < 4.78 is 16.3. The monoisotopic (exact) mass is 333 g/mol. The molecule has 0 aliphatic rings. The maximum absolute atomic E-state index is 6.13. The van der Waals surface area contributed by atoms with Crippen LogP contribution >= 0.6 is 11.6 Å². The Balaban J connectivity index is 1.70. The maximum atomic E-state index is 6.13. The van der Waals surface area contributed by atoms with E-state index in [-0.39, 0.29) is 6.10 Å². The highest BCUT2D eigenvalue weighted by Crippen LogP contribution is 2.27. The molecule has 7 heteroatoms. The van der Waals surface area contributed by atoms with E-state index in [0.717, 1.165) is 10.9 Å². The third kappa shape index (κ3) is 3.48. The first-order chi connectivity index (χ1) is 11.0. The maximum Gasteiger partial charge on any atom is 0.233 e. The molecule has 0 aliphatic carbocycles. The van der Waals surface area contributed by atoms with Gasteiger partial charge in [-0.25, -0.2) is 4.98 Å². The quantitative estimate of drug-likeness (QED) is 0.764. The van der Waals surface area contributed by atoms with Gasteiger partial charge in [0.1, 0.15) is 17.4 Å². The van der Waals surface area contributed by atoms with Gasteiger partial charge in [0, 0.05) is 6.07 Å². The number of anilines is 1. The van der Waals surface area contributed by atoms with Crippen LogP contribution in [0, 0.1) is 0 Å². The minimum atomic E-state index is 0.00726. The molecule has 2 N–H and O–H groups in total. The second-order valence-corrected chi connectivity index (χ2v) is 5.72. The van der Waals surface area contributed by atoms with Crippen molar-refractivity contribution in [3.8, 4) is 11.6 Å². The number of hydrogen-bond donors (Lipinski definition) is 1. The summed E-state index contributed by atoms with van der Waals surface area (Å²) in [5, 5.41) is 4.92. The number of pyridine rings is 1. The predicted octanol–water partition coefficient (Wildman–Crippen LogP) is 3.82. The van der Waals surface area contributed by atoms with Crippen molar-refractivity contribution < 1.29 is 14.0 Å². The molecule has 0 saturated carbocycles. The number of benzene rings is 1. The number of ether oxygens (including phenoxy) is 2. The van der Waals surface area contributed by atoms with E-state index < -0.39 is 0 Å². The topological polar surface area (TPSA) is 83.4 Å². The Kier molecular flexibility index (Phi) is 4.25. The van der Waals surface area contributed by atoms with Gasteiger partial charge < -0.3 is 19.7 Å². The number of rotatable bonds is 5. The molecular weight excluding hydrogens is 318 g/mol. The van der Waals surface area contributed by atoms with Crippen molar-refractivity contribution in [3.05, 3.63) is 41.0 Å². The average Bonchev–Trinajstić information content (AvgIpc) is 2.88. The summed E-state index contributed by atoms with van der Waals surface area (Å²) >= 11 is 6.13. The standard InChI is InChI=1S/C16H16ClN3O3/c1-9(2)22-16-13(17)6-11(7-19-16)21-8-10-3-4-12-14(5-10)23-20-15(12)18/h3-7,9H,8H2,1-2H3,(H2,18,20). The zero-order valence-electron chi connectivity index (χ0n) is 12.7. The number of nitrogens with two attached hydrogens (primary N) is 1. The van der Waals surface area contributed by atoms with Gasteiger partial charge in [-0.15, -0.1) is 0 Å². The third-order valence-corrected chi connectivity index (χ3v) is 3.37. The molecule has 23 heavy (non-hydrogen) atoms. The number of aromatic nitrogens is 2. The van der Waals surface area contributed by atoms with Crippen LogP contribution in [-0.2, 0) is 6.61 Å². The lowest BCUT2D eigenvalue weighted by Crippen LogP contribution is -2.07. The van der Waals surface area contributed by atoms with Crippen LogP contribution in [-0.4, -0.2) is 16.2 Å². The van der Waals surface area contributed by atoms with E-state index >= 15 is 0 Å². The summed E-state index contributed by atoms with van der Waals surface area (Å²) in [6, 6.07) is 7.27. The van der Waals surface area contributed by atoms with Gasteiger partial charge in [0.25, 0.3) is 0 Å². The molecule has 0 radical (unpaired) electrons. The highest BCUT2D eigenvalue weighted by atomic mass is 35.5. The first-order valence-corrected chi connectivity index (χ1v) is 7.49. The smallest absolute Gasteiger partial charge is 0.233 e. The highest BCUT2D eigenvalue weighted by molar-refractivity contribution is 6.31. The fraction of sp³-hybridized carbons (Fsp3) is 0.250.